The first kappa shape index (κ1) is 20.9. The first-order valence-electron chi connectivity index (χ1n) is 8.65. The van der Waals surface area contributed by atoms with E-state index in [9.17, 15) is 18.0 Å². The fraction of sp³-hybridized carbons (Fsp3) is 0.875. The normalized spacial score (nSPS) is 19.2. The van der Waals surface area contributed by atoms with Crippen molar-refractivity contribution in [2.45, 2.75) is 45.6 Å². The minimum atomic E-state index is -3.13. The number of nitrogens with zero attached hydrogens (tertiary/aromatic N) is 2. The molecule has 0 N–H and O–H groups in total. The Bertz CT molecular complexity index is 521. The lowest BCUT2D eigenvalue weighted by atomic mass is 10.2. The molecule has 0 aromatic carbocycles. The molecule has 0 bridgehead atoms. The summed E-state index contributed by atoms with van der Waals surface area (Å²) in [6.07, 6.45) is 2.94. The molecule has 0 aliphatic carbocycles. The Hall–Kier alpha value is -1.15. The van der Waals surface area contributed by atoms with Crippen molar-refractivity contribution in [3.05, 3.63) is 0 Å². The zero-order chi connectivity index (χ0) is 18.2. The van der Waals surface area contributed by atoms with Crippen LogP contribution in [-0.2, 0) is 24.2 Å². The summed E-state index contributed by atoms with van der Waals surface area (Å²) < 4.78 is 28.5. The number of unbranched alkanes of at least 4 members (excludes halogenated alkanes) is 1. The van der Waals surface area contributed by atoms with Gasteiger partial charge in [0.1, 0.15) is 0 Å². The van der Waals surface area contributed by atoms with E-state index < -0.39 is 27.7 Å². The third kappa shape index (κ3) is 6.05. The highest BCUT2D eigenvalue weighted by molar-refractivity contribution is 7.91. The summed E-state index contributed by atoms with van der Waals surface area (Å²) in [6, 6.07) is -0.434. The van der Waals surface area contributed by atoms with Crippen molar-refractivity contribution in [1.29, 1.82) is 0 Å². The van der Waals surface area contributed by atoms with Gasteiger partial charge in [-0.05, 0) is 19.3 Å². The fourth-order valence-corrected chi connectivity index (χ4v) is 4.58. The van der Waals surface area contributed by atoms with Gasteiger partial charge in [-0.15, -0.1) is 0 Å². The monoisotopic (exact) mass is 362 g/mol. The molecule has 0 aromatic heterocycles. The highest BCUT2D eigenvalue weighted by Gasteiger charge is 2.37. The van der Waals surface area contributed by atoms with E-state index in [1.165, 1.54) is 12.0 Å². The molecular weight excluding hydrogens is 332 g/mol. The molecule has 1 fully saturated rings. The van der Waals surface area contributed by atoms with Crippen LogP contribution in [0.15, 0.2) is 0 Å². The van der Waals surface area contributed by atoms with Crippen molar-refractivity contribution in [2.24, 2.45) is 0 Å². The molecule has 1 aliphatic heterocycles. The minimum absolute atomic E-state index is 0.0666. The SMILES string of the molecule is CCCCN(CCC)C(=O)C(=O)N(CCOC)C1CCS(=O)(=O)C1. The summed E-state index contributed by atoms with van der Waals surface area (Å²) >= 11 is 0. The molecule has 1 atom stereocenters. The first-order chi connectivity index (χ1) is 11.4. The highest BCUT2D eigenvalue weighted by atomic mass is 32.2. The summed E-state index contributed by atoms with van der Waals surface area (Å²) in [7, 11) is -1.61. The van der Waals surface area contributed by atoms with Crippen LogP contribution in [0.1, 0.15) is 39.5 Å². The third-order valence-electron chi connectivity index (χ3n) is 4.19. The maximum Gasteiger partial charge on any atom is 0.312 e. The number of ether oxygens (including phenoxy) is 1. The first-order valence-corrected chi connectivity index (χ1v) is 10.5. The van der Waals surface area contributed by atoms with Crippen molar-refractivity contribution in [3.63, 3.8) is 0 Å². The van der Waals surface area contributed by atoms with Gasteiger partial charge in [0.25, 0.3) is 0 Å². The quantitative estimate of drug-likeness (QED) is 0.564. The molecule has 0 saturated carbocycles. The van der Waals surface area contributed by atoms with Gasteiger partial charge in [0.15, 0.2) is 9.84 Å². The van der Waals surface area contributed by atoms with E-state index in [4.69, 9.17) is 4.74 Å². The van der Waals surface area contributed by atoms with Crippen molar-refractivity contribution in [1.82, 2.24) is 9.80 Å². The summed E-state index contributed by atoms with van der Waals surface area (Å²) in [5.41, 5.74) is 0. The number of rotatable bonds is 9. The predicted octanol–water partition coefficient (Wildman–Crippen LogP) is 0.687. The average Bonchev–Trinajstić information content (AvgIpc) is 2.90. The van der Waals surface area contributed by atoms with Crippen LogP contribution < -0.4 is 0 Å². The molecule has 0 aromatic rings. The molecule has 1 aliphatic rings. The van der Waals surface area contributed by atoms with Crippen LogP contribution >= 0.6 is 0 Å². The Balaban J connectivity index is 2.86. The summed E-state index contributed by atoms with van der Waals surface area (Å²) in [5.74, 6) is -1.15. The molecule has 140 valence electrons. The second-order valence-electron chi connectivity index (χ2n) is 6.19. The molecule has 24 heavy (non-hydrogen) atoms. The Morgan fingerprint density at radius 3 is 2.29 bits per heavy atom. The second kappa shape index (κ2) is 9.98. The maximum absolute atomic E-state index is 12.7. The molecule has 8 heteroatoms. The number of carbonyl (C=O) groups is 2. The van der Waals surface area contributed by atoms with Gasteiger partial charge in [-0.1, -0.05) is 20.3 Å². The van der Waals surface area contributed by atoms with E-state index in [0.29, 0.717) is 19.5 Å². The molecule has 0 spiro atoms. The van der Waals surface area contributed by atoms with Gasteiger partial charge in [-0.2, -0.15) is 0 Å². The maximum atomic E-state index is 12.7. The number of carbonyl (C=O) groups excluding carboxylic acids is 2. The van der Waals surface area contributed by atoms with E-state index in [0.717, 1.165) is 19.3 Å². The molecule has 7 nitrogen and oxygen atoms in total. The van der Waals surface area contributed by atoms with Gasteiger partial charge in [0.05, 0.1) is 18.1 Å². The van der Waals surface area contributed by atoms with E-state index in [2.05, 4.69) is 0 Å². The molecule has 1 unspecified atom stereocenters. The Labute approximate surface area is 145 Å². The van der Waals surface area contributed by atoms with Crippen LogP contribution in [0.3, 0.4) is 0 Å². The standard InChI is InChI=1S/C16H30N2O5S/c1-4-6-9-17(8-5-2)15(19)16(20)18(10-11-23-3)14-7-12-24(21,22)13-14/h14H,4-13H2,1-3H3. The number of hydrogen-bond acceptors (Lipinski definition) is 5. The Morgan fingerprint density at radius 1 is 1.08 bits per heavy atom. The van der Waals surface area contributed by atoms with Gasteiger partial charge in [-0.25, -0.2) is 8.42 Å². The van der Waals surface area contributed by atoms with E-state index in [-0.39, 0.29) is 24.7 Å². The lowest BCUT2D eigenvalue weighted by Crippen LogP contribution is -2.51. The third-order valence-corrected chi connectivity index (χ3v) is 5.94. The number of amides is 2. The average molecular weight is 362 g/mol. The molecule has 0 radical (unpaired) electrons. The predicted molar refractivity (Wildman–Crippen MR) is 92.4 cm³/mol. The summed E-state index contributed by atoms with van der Waals surface area (Å²) in [5, 5.41) is 0. The van der Waals surface area contributed by atoms with Crippen LogP contribution in [0.5, 0.6) is 0 Å². The van der Waals surface area contributed by atoms with Gasteiger partial charge in [0.2, 0.25) is 0 Å². The fourth-order valence-electron chi connectivity index (χ4n) is 2.85. The topological polar surface area (TPSA) is 84.0 Å². The molecule has 1 heterocycles. The van der Waals surface area contributed by atoms with Crippen LogP contribution in [0.2, 0.25) is 0 Å². The van der Waals surface area contributed by atoms with E-state index in [1.807, 2.05) is 13.8 Å². The Morgan fingerprint density at radius 2 is 1.79 bits per heavy atom. The van der Waals surface area contributed by atoms with E-state index in [1.54, 1.807) is 4.90 Å². The Kier molecular flexibility index (Phi) is 8.69. The van der Waals surface area contributed by atoms with Gasteiger partial charge in [-0.3, -0.25) is 9.59 Å². The lowest BCUT2D eigenvalue weighted by molar-refractivity contribution is -0.153. The van der Waals surface area contributed by atoms with Crippen molar-refractivity contribution < 1.29 is 22.7 Å². The smallest absolute Gasteiger partial charge is 0.312 e. The van der Waals surface area contributed by atoms with Crippen molar-refractivity contribution in [3.8, 4) is 0 Å². The molecule has 1 saturated heterocycles. The van der Waals surface area contributed by atoms with Gasteiger partial charge in [0, 0.05) is 32.8 Å². The van der Waals surface area contributed by atoms with Crippen LogP contribution in [0.4, 0.5) is 0 Å². The largest absolute Gasteiger partial charge is 0.383 e. The number of methoxy groups -OCH3 is 1. The summed E-state index contributed by atoms with van der Waals surface area (Å²) in [4.78, 5) is 28.3. The number of sulfone groups is 1. The zero-order valence-electron chi connectivity index (χ0n) is 15.0. The molecular formula is C16H30N2O5S. The molecule has 2 amide bonds. The minimum Gasteiger partial charge on any atom is -0.383 e. The zero-order valence-corrected chi connectivity index (χ0v) is 15.8. The van der Waals surface area contributed by atoms with E-state index >= 15 is 0 Å². The summed E-state index contributed by atoms with van der Waals surface area (Å²) in [6.45, 7) is 5.59. The van der Waals surface area contributed by atoms with Crippen LogP contribution in [0, 0.1) is 0 Å². The highest BCUT2D eigenvalue weighted by Crippen LogP contribution is 2.18. The van der Waals surface area contributed by atoms with Crippen molar-refractivity contribution in [2.75, 3.05) is 44.9 Å². The van der Waals surface area contributed by atoms with Crippen LogP contribution in [-0.4, -0.2) is 80.9 Å². The van der Waals surface area contributed by atoms with Crippen molar-refractivity contribution >= 4 is 21.7 Å². The lowest BCUT2D eigenvalue weighted by Gasteiger charge is -2.30. The van der Waals surface area contributed by atoms with Crippen LogP contribution in [0.25, 0.3) is 0 Å². The van der Waals surface area contributed by atoms with Gasteiger partial charge < -0.3 is 14.5 Å². The molecule has 1 rings (SSSR count). The number of hydrogen-bond donors (Lipinski definition) is 0. The second-order valence-corrected chi connectivity index (χ2v) is 8.42. The van der Waals surface area contributed by atoms with Gasteiger partial charge >= 0.3 is 11.8 Å².